The second-order valence-corrected chi connectivity index (χ2v) is 6.47. The van der Waals surface area contributed by atoms with Gasteiger partial charge in [-0.1, -0.05) is 37.9 Å². The van der Waals surface area contributed by atoms with Gasteiger partial charge in [0.15, 0.2) is 0 Å². The fourth-order valence-electron chi connectivity index (χ4n) is 2.21. The number of nitrogens with one attached hydrogen (secondary N) is 2. The first kappa shape index (κ1) is 13.6. The standard InChI is InChI=1S/C15H13Br2N3/c1-9(13-4-2-11(16)7-14(13)17)19-12-3-5-15-10(6-12)8-18-20-15/h2-9,19H,1H3,(H,18,20). The van der Waals surface area contributed by atoms with E-state index < -0.39 is 0 Å². The lowest BCUT2D eigenvalue weighted by atomic mass is 10.1. The van der Waals surface area contributed by atoms with Crippen molar-refractivity contribution in [2.45, 2.75) is 13.0 Å². The first-order valence-electron chi connectivity index (χ1n) is 6.28. The fourth-order valence-corrected chi connectivity index (χ4v) is 3.60. The van der Waals surface area contributed by atoms with Crippen molar-refractivity contribution < 1.29 is 0 Å². The van der Waals surface area contributed by atoms with Gasteiger partial charge in [-0.15, -0.1) is 0 Å². The van der Waals surface area contributed by atoms with Crippen LogP contribution >= 0.6 is 31.9 Å². The molecular weight excluding hydrogens is 382 g/mol. The summed E-state index contributed by atoms with van der Waals surface area (Å²) in [5.41, 5.74) is 3.36. The molecule has 0 aliphatic rings. The smallest absolute Gasteiger partial charge is 0.0651 e. The van der Waals surface area contributed by atoms with Crippen LogP contribution in [0.3, 0.4) is 0 Å². The van der Waals surface area contributed by atoms with Crippen molar-refractivity contribution in [1.82, 2.24) is 10.2 Å². The van der Waals surface area contributed by atoms with Crippen molar-refractivity contribution in [3.63, 3.8) is 0 Å². The first-order chi connectivity index (χ1) is 9.63. The number of nitrogens with zero attached hydrogens (tertiary/aromatic N) is 1. The minimum atomic E-state index is 0.210. The van der Waals surface area contributed by atoms with Gasteiger partial charge in [0.05, 0.1) is 11.7 Å². The topological polar surface area (TPSA) is 40.7 Å². The minimum Gasteiger partial charge on any atom is -0.378 e. The van der Waals surface area contributed by atoms with Crippen LogP contribution in [0, 0.1) is 0 Å². The number of fused-ring (bicyclic) bond motifs is 1. The summed E-state index contributed by atoms with van der Waals surface area (Å²) in [5.74, 6) is 0. The summed E-state index contributed by atoms with van der Waals surface area (Å²) >= 11 is 7.08. The van der Waals surface area contributed by atoms with Gasteiger partial charge in [0.25, 0.3) is 0 Å². The molecule has 0 radical (unpaired) electrons. The monoisotopic (exact) mass is 393 g/mol. The van der Waals surface area contributed by atoms with E-state index in [1.165, 1.54) is 5.56 Å². The van der Waals surface area contributed by atoms with Crippen LogP contribution in [-0.4, -0.2) is 10.2 Å². The van der Waals surface area contributed by atoms with Crippen molar-refractivity contribution in [2.75, 3.05) is 5.32 Å². The zero-order valence-corrected chi connectivity index (χ0v) is 14.0. The number of hydrogen-bond acceptors (Lipinski definition) is 2. The van der Waals surface area contributed by atoms with E-state index in [0.717, 1.165) is 25.5 Å². The van der Waals surface area contributed by atoms with Crippen molar-refractivity contribution >= 4 is 48.5 Å². The lowest BCUT2D eigenvalue weighted by Crippen LogP contribution is -2.07. The van der Waals surface area contributed by atoms with E-state index >= 15 is 0 Å². The summed E-state index contributed by atoms with van der Waals surface area (Å²) in [5, 5.41) is 11.6. The van der Waals surface area contributed by atoms with E-state index in [9.17, 15) is 0 Å². The van der Waals surface area contributed by atoms with Crippen LogP contribution in [0.25, 0.3) is 10.9 Å². The molecule has 1 aromatic heterocycles. The summed E-state index contributed by atoms with van der Waals surface area (Å²) in [4.78, 5) is 0. The summed E-state index contributed by atoms with van der Waals surface area (Å²) in [7, 11) is 0. The number of rotatable bonds is 3. The second kappa shape index (κ2) is 5.58. The molecule has 0 aliphatic carbocycles. The van der Waals surface area contributed by atoms with Gasteiger partial charge < -0.3 is 5.32 Å². The maximum absolute atomic E-state index is 4.04. The number of halogens is 2. The molecule has 0 saturated heterocycles. The van der Waals surface area contributed by atoms with E-state index in [1.807, 2.05) is 12.3 Å². The lowest BCUT2D eigenvalue weighted by molar-refractivity contribution is 0.879. The molecule has 1 unspecified atom stereocenters. The van der Waals surface area contributed by atoms with E-state index in [0.29, 0.717) is 0 Å². The second-order valence-electron chi connectivity index (χ2n) is 4.70. The van der Waals surface area contributed by atoms with E-state index in [1.54, 1.807) is 0 Å². The molecule has 102 valence electrons. The number of benzene rings is 2. The van der Waals surface area contributed by atoms with Gasteiger partial charge in [-0.2, -0.15) is 5.10 Å². The SMILES string of the molecule is CC(Nc1ccc2[nH]ncc2c1)c1ccc(Br)cc1Br. The highest BCUT2D eigenvalue weighted by atomic mass is 79.9. The fraction of sp³-hybridized carbons (Fsp3) is 0.133. The number of anilines is 1. The van der Waals surface area contributed by atoms with Gasteiger partial charge in [0, 0.05) is 26.1 Å². The molecule has 3 aromatic rings. The number of H-pyrrole nitrogens is 1. The number of aromatic amines is 1. The third-order valence-electron chi connectivity index (χ3n) is 3.25. The van der Waals surface area contributed by atoms with Crippen LogP contribution in [0.5, 0.6) is 0 Å². The molecule has 0 spiro atoms. The predicted octanol–water partition coefficient (Wildman–Crippen LogP) is 5.26. The summed E-state index contributed by atoms with van der Waals surface area (Å²) in [6, 6.07) is 12.6. The molecule has 1 atom stereocenters. The Morgan fingerprint density at radius 3 is 2.80 bits per heavy atom. The van der Waals surface area contributed by atoms with Gasteiger partial charge >= 0.3 is 0 Å². The molecule has 3 nitrogen and oxygen atoms in total. The highest BCUT2D eigenvalue weighted by Gasteiger charge is 2.10. The van der Waals surface area contributed by atoms with Gasteiger partial charge in [0.2, 0.25) is 0 Å². The summed E-state index contributed by atoms with van der Waals surface area (Å²) < 4.78 is 2.16. The van der Waals surface area contributed by atoms with Crippen LogP contribution in [0.15, 0.2) is 51.5 Å². The Hall–Kier alpha value is -1.33. The van der Waals surface area contributed by atoms with Crippen molar-refractivity contribution in [3.05, 3.63) is 57.1 Å². The Bertz CT molecular complexity index is 752. The third-order valence-corrected chi connectivity index (χ3v) is 4.43. The van der Waals surface area contributed by atoms with Gasteiger partial charge in [-0.3, -0.25) is 5.10 Å². The molecule has 0 bridgehead atoms. The normalized spacial score (nSPS) is 12.6. The average Bonchev–Trinajstić information content (AvgIpc) is 2.85. The van der Waals surface area contributed by atoms with E-state index in [4.69, 9.17) is 0 Å². The molecule has 0 fully saturated rings. The molecule has 2 aromatic carbocycles. The molecular formula is C15H13Br2N3. The largest absolute Gasteiger partial charge is 0.378 e. The molecule has 3 rings (SSSR count). The molecule has 0 aliphatic heterocycles. The Kier molecular flexibility index (Phi) is 3.81. The third kappa shape index (κ3) is 2.74. The Labute approximate surface area is 134 Å². The van der Waals surface area contributed by atoms with Crippen LogP contribution in [0.4, 0.5) is 5.69 Å². The molecule has 2 N–H and O–H groups in total. The predicted molar refractivity (Wildman–Crippen MR) is 90.0 cm³/mol. The molecule has 20 heavy (non-hydrogen) atoms. The lowest BCUT2D eigenvalue weighted by Gasteiger charge is -2.17. The van der Waals surface area contributed by atoms with E-state index in [2.05, 4.69) is 84.6 Å². The van der Waals surface area contributed by atoms with Crippen LogP contribution < -0.4 is 5.32 Å². The number of hydrogen-bond donors (Lipinski definition) is 2. The van der Waals surface area contributed by atoms with E-state index in [-0.39, 0.29) is 6.04 Å². The maximum Gasteiger partial charge on any atom is 0.0651 e. The molecule has 0 amide bonds. The highest BCUT2D eigenvalue weighted by molar-refractivity contribution is 9.11. The Morgan fingerprint density at radius 2 is 2.00 bits per heavy atom. The summed E-state index contributed by atoms with van der Waals surface area (Å²) in [6.45, 7) is 2.15. The molecule has 0 saturated carbocycles. The summed E-state index contributed by atoms with van der Waals surface area (Å²) in [6.07, 6.45) is 1.83. The Morgan fingerprint density at radius 1 is 1.15 bits per heavy atom. The number of aromatic nitrogens is 2. The molecule has 1 heterocycles. The van der Waals surface area contributed by atoms with Gasteiger partial charge in [-0.05, 0) is 42.8 Å². The van der Waals surface area contributed by atoms with Crippen LogP contribution in [0.2, 0.25) is 0 Å². The quantitative estimate of drug-likeness (QED) is 0.635. The van der Waals surface area contributed by atoms with Crippen molar-refractivity contribution in [2.24, 2.45) is 0 Å². The maximum atomic E-state index is 4.04. The minimum absolute atomic E-state index is 0.210. The van der Waals surface area contributed by atoms with Crippen molar-refractivity contribution in [3.8, 4) is 0 Å². The van der Waals surface area contributed by atoms with Crippen LogP contribution in [-0.2, 0) is 0 Å². The average molecular weight is 395 g/mol. The molecule has 5 heteroatoms. The highest BCUT2D eigenvalue weighted by Crippen LogP contribution is 2.29. The first-order valence-corrected chi connectivity index (χ1v) is 7.87. The van der Waals surface area contributed by atoms with Gasteiger partial charge in [-0.25, -0.2) is 0 Å². The zero-order valence-electron chi connectivity index (χ0n) is 10.8. The van der Waals surface area contributed by atoms with Crippen molar-refractivity contribution in [1.29, 1.82) is 0 Å². The Balaban J connectivity index is 1.85. The van der Waals surface area contributed by atoms with Gasteiger partial charge in [0.1, 0.15) is 0 Å². The van der Waals surface area contributed by atoms with Crippen LogP contribution in [0.1, 0.15) is 18.5 Å². The zero-order chi connectivity index (χ0) is 14.1.